The molecule has 0 aromatic carbocycles. The van der Waals surface area contributed by atoms with Gasteiger partial charge in [0, 0.05) is 11.8 Å². The number of oxime groups is 1. The average molecular weight is 373 g/mol. The van der Waals surface area contributed by atoms with Gasteiger partial charge in [0.15, 0.2) is 0 Å². The average Bonchev–Trinajstić information content (AvgIpc) is 2.95. The van der Waals surface area contributed by atoms with Gasteiger partial charge in [-0.05, 0) is 87.0 Å². The lowest BCUT2D eigenvalue weighted by Gasteiger charge is -2.60. The van der Waals surface area contributed by atoms with Crippen molar-refractivity contribution < 1.29 is 9.63 Å². The quantitative estimate of drug-likeness (QED) is 0.449. The maximum absolute atomic E-state index is 12.6. The highest BCUT2D eigenvalue weighted by Crippen LogP contribution is 2.66. The van der Waals surface area contributed by atoms with Gasteiger partial charge in [-0.3, -0.25) is 4.79 Å². The van der Waals surface area contributed by atoms with Crippen LogP contribution in [0.5, 0.6) is 0 Å². The van der Waals surface area contributed by atoms with Crippen LogP contribution in [0.25, 0.3) is 0 Å². The SMILES string of the molecule is C=C1C[C@@H]2[C@H](CC[C@]3(C)C(=O)CC[C@@H]23)[C@@]2(C)CCC(=NOCCCN)C[C@H]12. The van der Waals surface area contributed by atoms with Gasteiger partial charge in [-0.1, -0.05) is 31.2 Å². The summed E-state index contributed by atoms with van der Waals surface area (Å²) in [4.78, 5) is 18.1. The zero-order valence-electron chi connectivity index (χ0n) is 17.1. The predicted octanol–water partition coefficient (Wildman–Crippen LogP) is 4.49. The highest BCUT2D eigenvalue weighted by molar-refractivity contribution is 5.87. The first kappa shape index (κ1) is 19.2. The van der Waals surface area contributed by atoms with Crippen LogP contribution in [0.4, 0.5) is 0 Å². The Labute approximate surface area is 164 Å². The van der Waals surface area contributed by atoms with Crippen molar-refractivity contribution in [3.8, 4) is 0 Å². The number of fused-ring (bicyclic) bond motifs is 5. The minimum absolute atomic E-state index is 0.0528. The van der Waals surface area contributed by atoms with Gasteiger partial charge in [0.1, 0.15) is 12.4 Å². The van der Waals surface area contributed by atoms with Crippen molar-refractivity contribution >= 4 is 11.5 Å². The zero-order valence-corrected chi connectivity index (χ0v) is 17.1. The fourth-order valence-corrected chi connectivity index (χ4v) is 7.19. The third kappa shape index (κ3) is 2.99. The summed E-state index contributed by atoms with van der Waals surface area (Å²) in [6, 6.07) is 0. The highest BCUT2D eigenvalue weighted by atomic mass is 16.6. The number of nitrogens with two attached hydrogens (primary N) is 1. The Kier molecular flexibility index (Phi) is 4.99. The molecule has 0 aromatic rings. The van der Waals surface area contributed by atoms with Crippen LogP contribution in [-0.4, -0.2) is 24.6 Å². The number of carbonyl (C=O) groups excluding carboxylic acids is 1. The summed E-state index contributed by atoms with van der Waals surface area (Å²) in [7, 11) is 0. The molecule has 0 saturated heterocycles. The highest BCUT2D eigenvalue weighted by Gasteiger charge is 2.60. The van der Waals surface area contributed by atoms with E-state index in [1.54, 1.807) is 0 Å². The molecule has 0 radical (unpaired) electrons. The lowest BCUT2D eigenvalue weighted by atomic mass is 9.44. The van der Waals surface area contributed by atoms with E-state index >= 15 is 0 Å². The van der Waals surface area contributed by atoms with Crippen molar-refractivity contribution in [3.05, 3.63) is 12.2 Å². The molecule has 0 heterocycles. The minimum atomic E-state index is -0.0528. The summed E-state index contributed by atoms with van der Waals surface area (Å²) in [5.74, 6) is 3.01. The predicted molar refractivity (Wildman–Crippen MR) is 108 cm³/mol. The van der Waals surface area contributed by atoms with Crippen LogP contribution in [0, 0.1) is 34.5 Å². The zero-order chi connectivity index (χ0) is 19.2. The van der Waals surface area contributed by atoms with Crippen molar-refractivity contribution in [1.82, 2.24) is 0 Å². The van der Waals surface area contributed by atoms with E-state index in [4.69, 9.17) is 10.6 Å². The van der Waals surface area contributed by atoms with E-state index in [2.05, 4.69) is 25.6 Å². The topological polar surface area (TPSA) is 64.7 Å². The van der Waals surface area contributed by atoms with Crippen LogP contribution < -0.4 is 5.73 Å². The van der Waals surface area contributed by atoms with Crippen LogP contribution >= 0.6 is 0 Å². The molecule has 0 aromatic heterocycles. The third-order valence-corrected chi connectivity index (χ3v) is 8.81. The summed E-state index contributed by atoms with van der Waals surface area (Å²) < 4.78 is 0. The summed E-state index contributed by atoms with van der Waals surface area (Å²) in [6.07, 6.45) is 9.38. The molecule has 0 aliphatic heterocycles. The van der Waals surface area contributed by atoms with Gasteiger partial charge in [0.25, 0.3) is 0 Å². The molecule has 4 aliphatic rings. The normalized spacial score (nSPS) is 45.4. The molecule has 4 saturated carbocycles. The van der Waals surface area contributed by atoms with E-state index in [-0.39, 0.29) is 5.41 Å². The number of allylic oxidation sites excluding steroid dienone is 1. The molecule has 4 fully saturated rings. The first-order valence-electron chi connectivity index (χ1n) is 11.0. The van der Waals surface area contributed by atoms with Crippen molar-refractivity contribution in [2.24, 2.45) is 45.4 Å². The summed E-state index contributed by atoms with van der Waals surface area (Å²) >= 11 is 0. The van der Waals surface area contributed by atoms with Gasteiger partial charge in [-0.2, -0.15) is 0 Å². The largest absolute Gasteiger partial charge is 0.396 e. The van der Waals surface area contributed by atoms with Crippen LogP contribution in [-0.2, 0) is 9.63 Å². The van der Waals surface area contributed by atoms with Gasteiger partial charge in [0.05, 0.1) is 5.71 Å². The molecule has 150 valence electrons. The fraction of sp³-hybridized carbons (Fsp3) is 0.826. The summed E-state index contributed by atoms with van der Waals surface area (Å²) in [5, 5.41) is 4.43. The molecule has 2 N–H and O–H groups in total. The summed E-state index contributed by atoms with van der Waals surface area (Å²) in [5.41, 5.74) is 8.38. The van der Waals surface area contributed by atoms with Crippen LogP contribution in [0.2, 0.25) is 0 Å². The minimum Gasteiger partial charge on any atom is -0.396 e. The Morgan fingerprint density at radius 2 is 2.00 bits per heavy atom. The number of hydrogen-bond acceptors (Lipinski definition) is 4. The number of rotatable bonds is 4. The number of hydrogen-bond donors (Lipinski definition) is 1. The van der Waals surface area contributed by atoms with Crippen molar-refractivity contribution in [3.63, 3.8) is 0 Å². The van der Waals surface area contributed by atoms with Crippen molar-refractivity contribution in [2.45, 2.75) is 71.6 Å². The molecule has 4 rings (SSSR count). The van der Waals surface area contributed by atoms with Crippen LogP contribution in [0.15, 0.2) is 17.3 Å². The van der Waals surface area contributed by atoms with Gasteiger partial charge in [-0.25, -0.2) is 0 Å². The molecule has 4 heteroatoms. The standard InChI is InChI=1S/C23H36N2O2/c1-15-13-17-18-5-6-21(26)23(18,3)10-8-19(17)22(2)9-7-16(14-20(15)22)25-27-12-4-11-24/h17-20H,1,4-14,24H2,2-3H3/t17-,18-,19-,20+,22+,23-/m0/s1. The van der Waals surface area contributed by atoms with Crippen LogP contribution in [0.1, 0.15) is 71.6 Å². The Hall–Kier alpha value is -1.16. The lowest BCUT2D eigenvalue weighted by Crippen LogP contribution is -2.54. The number of nitrogens with zero attached hydrogens (tertiary/aromatic N) is 1. The number of carbonyl (C=O) groups is 1. The fourth-order valence-electron chi connectivity index (χ4n) is 7.19. The smallest absolute Gasteiger partial charge is 0.139 e. The molecule has 27 heavy (non-hydrogen) atoms. The lowest BCUT2D eigenvalue weighted by molar-refractivity contribution is -0.134. The molecule has 4 aliphatic carbocycles. The maximum atomic E-state index is 12.6. The molecule has 4 nitrogen and oxygen atoms in total. The first-order chi connectivity index (χ1) is 12.9. The van der Waals surface area contributed by atoms with E-state index in [1.165, 1.54) is 24.1 Å². The Morgan fingerprint density at radius 1 is 1.19 bits per heavy atom. The Bertz CT molecular complexity index is 657. The monoisotopic (exact) mass is 372 g/mol. The second-order valence-electron chi connectivity index (χ2n) is 10.1. The molecule has 0 unspecified atom stereocenters. The molecule has 0 spiro atoms. The van der Waals surface area contributed by atoms with E-state index in [0.29, 0.717) is 42.1 Å². The first-order valence-corrected chi connectivity index (χ1v) is 11.0. The van der Waals surface area contributed by atoms with Crippen molar-refractivity contribution in [1.29, 1.82) is 0 Å². The molecule has 0 bridgehead atoms. The Balaban J connectivity index is 1.52. The third-order valence-electron chi connectivity index (χ3n) is 8.81. The van der Waals surface area contributed by atoms with Gasteiger partial charge < -0.3 is 10.6 Å². The Morgan fingerprint density at radius 3 is 2.78 bits per heavy atom. The maximum Gasteiger partial charge on any atom is 0.139 e. The second kappa shape index (κ2) is 7.02. The van der Waals surface area contributed by atoms with Crippen molar-refractivity contribution in [2.75, 3.05) is 13.2 Å². The van der Waals surface area contributed by atoms with E-state index in [1.807, 2.05) is 0 Å². The molecule has 0 amide bonds. The van der Waals surface area contributed by atoms with Gasteiger partial charge in [0.2, 0.25) is 0 Å². The van der Waals surface area contributed by atoms with E-state index in [9.17, 15) is 4.79 Å². The molecule has 6 atom stereocenters. The second-order valence-corrected chi connectivity index (χ2v) is 10.1. The molecular formula is C23H36N2O2. The van der Waals surface area contributed by atoms with Gasteiger partial charge >= 0.3 is 0 Å². The molecular weight excluding hydrogens is 336 g/mol. The van der Waals surface area contributed by atoms with Gasteiger partial charge in [-0.15, -0.1) is 0 Å². The van der Waals surface area contributed by atoms with Crippen LogP contribution in [0.3, 0.4) is 0 Å². The summed E-state index contributed by atoms with van der Waals surface area (Å²) in [6.45, 7) is 10.6. The van der Waals surface area contributed by atoms with E-state index in [0.717, 1.165) is 50.9 Å². The number of ketones is 1. The number of Topliss-reactive ketones (excluding diaryl/α,β-unsaturated/α-hetero) is 1. The van der Waals surface area contributed by atoms with E-state index < -0.39 is 0 Å².